The number of para-hydroxylation sites is 1. The van der Waals surface area contributed by atoms with Gasteiger partial charge in [0.05, 0.1) is 0 Å². The van der Waals surface area contributed by atoms with Crippen LogP contribution in [0.3, 0.4) is 0 Å². The first-order valence-electron chi connectivity index (χ1n) is 7.97. The maximum Gasteiger partial charge on any atom is 0.127 e. The molecule has 2 nitrogen and oxygen atoms in total. The molecule has 3 aromatic carbocycles. The van der Waals surface area contributed by atoms with Crippen molar-refractivity contribution >= 4 is 0 Å². The van der Waals surface area contributed by atoms with Crippen LogP contribution in [-0.4, -0.2) is 6.54 Å². The molecule has 0 spiro atoms. The van der Waals surface area contributed by atoms with Gasteiger partial charge in [0.15, 0.2) is 0 Å². The second kappa shape index (κ2) is 8.16. The number of rotatable bonds is 7. The Hall–Kier alpha value is -2.58. The number of hydrogen-bond donors (Lipinski definition) is 1. The highest BCUT2D eigenvalue weighted by Gasteiger charge is 1.98. The predicted molar refractivity (Wildman–Crippen MR) is 94.8 cm³/mol. The quantitative estimate of drug-likeness (QED) is 0.632. The molecular formula is C21H21NO. The molecule has 0 heterocycles. The van der Waals surface area contributed by atoms with E-state index in [-0.39, 0.29) is 0 Å². The van der Waals surface area contributed by atoms with Crippen molar-refractivity contribution in [2.24, 2.45) is 0 Å². The molecule has 0 unspecified atom stereocenters. The second-order valence-corrected chi connectivity index (χ2v) is 5.47. The summed E-state index contributed by atoms with van der Waals surface area (Å²) in [5, 5.41) is 3.48. The molecule has 0 aromatic heterocycles. The molecule has 0 saturated carbocycles. The summed E-state index contributed by atoms with van der Waals surface area (Å²) in [6.07, 6.45) is 1.05. The lowest BCUT2D eigenvalue weighted by Crippen LogP contribution is -2.16. The van der Waals surface area contributed by atoms with E-state index in [1.165, 1.54) is 11.1 Å². The Morgan fingerprint density at radius 2 is 1.22 bits per heavy atom. The van der Waals surface area contributed by atoms with Gasteiger partial charge in [-0.25, -0.2) is 0 Å². The van der Waals surface area contributed by atoms with E-state index in [0.717, 1.165) is 31.0 Å². The Labute approximate surface area is 137 Å². The van der Waals surface area contributed by atoms with Crippen LogP contribution in [0, 0.1) is 0 Å². The minimum atomic E-state index is 0.862. The van der Waals surface area contributed by atoms with Crippen LogP contribution < -0.4 is 10.1 Å². The SMILES string of the molecule is c1ccc(CCNCc2ccc(Oc3ccccc3)cc2)cc1. The molecule has 0 aliphatic carbocycles. The van der Waals surface area contributed by atoms with Crippen LogP contribution in [0.1, 0.15) is 11.1 Å². The van der Waals surface area contributed by atoms with Crippen LogP contribution in [0.5, 0.6) is 11.5 Å². The van der Waals surface area contributed by atoms with Crippen molar-refractivity contribution < 1.29 is 4.74 Å². The zero-order valence-corrected chi connectivity index (χ0v) is 13.1. The van der Waals surface area contributed by atoms with Crippen molar-refractivity contribution in [2.45, 2.75) is 13.0 Å². The van der Waals surface area contributed by atoms with E-state index in [4.69, 9.17) is 4.74 Å². The largest absolute Gasteiger partial charge is 0.457 e. The van der Waals surface area contributed by atoms with Gasteiger partial charge in [0.2, 0.25) is 0 Å². The summed E-state index contributed by atoms with van der Waals surface area (Å²) in [5.74, 6) is 1.73. The van der Waals surface area contributed by atoms with Gasteiger partial charge in [-0.15, -0.1) is 0 Å². The fourth-order valence-corrected chi connectivity index (χ4v) is 2.41. The predicted octanol–water partition coefficient (Wildman–Crippen LogP) is 4.81. The lowest BCUT2D eigenvalue weighted by molar-refractivity contribution is 0.482. The smallest absolute Gasteiger partial charge is 0.127 e. The van der Waals surface area contributed by atoms with Crippen molar-refractivity contribution in [1.82, 2.24) is 5.32 Å². The second-order valence-electron chi connectivity index (χ2n) is 5.47. The minimum absolute atomic E-state index is 0.862. The summed E-state index contributed by atoms with van der Waals surface area (Å²) in [6.45, 7) is 1.85. The van der Waals surface area contributed by atoms with Gasteiger partial charge < -0.3 is 10.1 Å². The van der Waals surface area contributed by atoms with Gasteiger partial charge in [-0.1, -0.05) is 60.7 Å². The molecule has 23 heavy (non-hydrogen) atoms. The van der Waals surface area contributed by atoms with E-state index in [1.54, 1.807) is 0 Å². The first-order chi connectivity index (χ1) is 11.4. The van der Waals surface area contributed by atoms with Crippen LogP contribution in [0.25, 0.3) is 0 Å². The Morgan fingerprint density at radius 1 is 0.609 bits per heavy atom. The molecule has 0 aliphatic heterocycles. The number of hydrogen-bond acceptors (Lipinski definition) is 2. The van der Waals surface area contributed by atoms with Gasteiger partial charge in [0.1, 0.15) is 11.5 Å². The Balaban J connectivity index is 1.44. The third-order valence-electron chi connectivity index (χ3n) is 3.66. The van der Waals surface area contributed by atoms with Gasteiger partial charge in [0, 0.05) is 6.54 Å². The van der Waals surface area contributed by atoms with Gasteiger partial charge in [-0.3, -0.25) is 0 Å². The highest BCUT2D eigenvalue weighted by atomic mass is 16.5. The monoisotopic (exact) mass is 303 g/mol. The standard InChI is InChI=1S/C21H21NO/c1-3-7-18(8-4-1)15-16-22-17-19-11-13-21(14-12-19)23-20-9-5-2-6-10-20/h1-14,22H,15-17H2. The average Bonchev–Trinajstić information content (AvgIpc) is 2.62. The lowest BCUT2D eigenvalue weighted by atomic mass is 10.1. The van der Waals surface area contributed by atoms with E-state index in [1.807, 2.05) is 42.5 Å². The number of ether oxygens (including phenoxy) is 1. The van der Waals surface area contributed by atoms with Crippen molar-refractivity contribution in [1.29, 1.82) is 0 Å². The van der Waals surface area contributed by atoms with Crippen molar-refractivity contribution in [2.75, 3.05) is 6.54 Å². The summed E-state index contributed by atoms with van der Waals surface area (Å²) < 4.78 is 5.80. The molecule has 0 amide bonds. The third kappa shape index (κ3) is 4.97. The molecule has 0 aliphatic rings. The fourth-order valence-electron chi connectivity index (χ4n) is 2.41. The summed E-state index contributed by atoms with van der Waals surface area (Å²) in [4.78, 5) is 0. The fraction of sp³-hybridized carbons (Fsp3) is 0.143. The van der Waals surface area contributed by atoms with E-state index in [2.05, 4.69) is 47.8 Å². The summed E-state index contributed by atoms with van der Waals surface area (Å²) in [7, 11) is 0. The first-order valence-corrected chi connectivity index (χ1v) is 7.97. The first kappa shape index (κ1) is 15.3. The van der Waals surface area contributed by atoms with Crippen LogP contribution in [0.4, 0.5) is 0 Å². The molecule has 0 radical (unpaired) electrons. The van der Waals surface area contributed by atoms with E-state index in [0.29, 0.717) is 0 Å². The molecule has 0 bridgehead atoms. The summed E-state index contributed by atoms with van der Waals surface area (Å²) >= 11 is 0. The minimum Gasteiger partial charge on any atom is -0.457 e. The van der Waals surface area contributed by atoms with Crippen molar-refractivity contribution in [3.05, 3.63) is 96.1 Å². The molecule has 1 N–H and O–H groups in total. The molecule has 3 aromatic rings. The zero-order valence-electron chi connectivity index (χ0n) is 13.1. The molecular weight excluding hydrogens is 282 g/mol. The molecule has 116 valence electrons. The molecule has 0 saturated heterocycles. The van der Waals surface area contributed by atoms with E-state index in [9.17, 15) is 0 Å². The van der Waals surface area contributed by atoms with Gasteiger partial charge in [-0.05, 0) is 48.4 Å². The molecule has 3 rings (SSSR count). The van der Waals surface area contributed by atoms with Crippen LogP contribution >= 0.6 is 0 Å². The molecule has 2 heteroatoms. The Kier molecular flexibility index (Phi) is 5.43. The van der Waals surface area contributed by atoms with Crippen molar-refractivity contribution in [3.63, 3.8) is 0 Å². The van der Waals surface area contributed by atoms with Crippen LogP contribution in [-0.2, 0) is 13.0 Å². The highest BCUT2D eigenvalue weighted by Crippen LogP contribution is 2.21. The Morgan fingerprint density at radius 3 is 1.91 bits per heavy atom. The van der Waals surface area contributed by atoms with E-state index < -0.39 is 0 Å². The molecule has 0 fully saturated rings. The van der Waals surface area contributed by atoms with Crippen LogP contribution in [0.2, 0.25) is 0 Å². The van der Waals surface area contributed by atoms with Gasteiger partial charge >= 0.3 is 0 Å². The number of nitrogens with one attached hydrogen (secondary N) is 1. The maximum atomic E-state index is 5.80. The van der Waals surface area contributed by atoms with E-state index >= 15 is 0 Å². The average molecular weight is 303 g/mol. The highest BCUT2D eigenvalue weighted by molar-refractivity contribution is 5.32. The number of benzene rings is 3. The summed E-state index contributed by atoms with van der Waals surface area (Å²) in [5.41, 5.74) is 2.63. The zero-order chi connectivity index (χ0) is 15.7. The van der Waals surface area contributed by atoms with Crippen LogP contribution in [0.15, 0.2) is 84.9 Å². The van der Waals surface area contributed by atoms with Gasteiger partial charge in [0.25, 0.3) is 0 Å². The third-order valence-corrected chi connectivity index (χ3v) is 3.66. The Bertz CT molecular complexity index is 693. The topological polar surface area (TPSA) is 21.3 Å². The van der Waals surface area contributed by atoms with Crippen molar-refractivity contribution in [3.8, 4) is 11.5 Å². The molecule has 0 atom stereocenters. The summed E-state index contributed by atoms with van der Waals surface area (Å²) in [6, 6.07) is 28.6. The lowest BCUT2D eigenvalue weighted by Gasteiger charge is -2.08. The van der Waals surface area contributed by atoms with Gasteiger partial charge in [-0.2, -0.15) is 0 Å². The normalized spacial score (nSPS) is 10.4. The maximum absolute atomic E-state index is 5.80.